The smallest absolute Gasteiger partial charge is 0.407 e. The summed E-state index contributed by atoms with van der Waals surface area (Å²) in [6.07, 6.45) is -1.70. The molecule has 0 bridgehead atoms. The zero-order chi connectivity index (χ0) is 29.8. The van der Waals surface area contributed by atoms with Crippen molar-refractivity contribution in [2.45, 2.75) is 62.5 Å². The lowest BCUT2D eigenvalue weighted by atomic mass is 9.89. The minimum atomic E-state index is -4.11. The van der Waals surface area contributed by atoms with Crippen LogP contribution in [-0.2, 0) is 25.9 Å². The molecule has 4 rings (SSSR count). The van der Waals surface area contributed by atoms with E-state index in [1.54, 1.807) is 12.1 Å². The Balaban J connectivity index is 1.71. The molecule has 0 aromatic heterocycles. The van der Waals surface area contributed by atoms with Gasteiger partial charge in [-0.25, -0.2) is 13.2 Å². The van der Waals surface area contributed by atoms with Crippen molar-refractivity contribution in [2.75, 3.05) is 38.6 Å². The van der Waals surface area contributed by atoms with Gasteiger partial charge in [-0.05, 0) is 55.0 Å². The standard InChI is InChI=1S/C29H42N4O7S/c1-29(2,12-13-30)19-32(41(37,38)22-10-6-9-21(31)16-22)17-26(34)24(15-20-7-4-3-5-8-20)33(28(35)36)25-18-40-27-23(25)11-14-39-27/h3-10,16,23-27,34H,11-15,17-19,30-31H2,1-2H3,(H,35,36)/t23-,24-,25-,26+,27+/m0/s1. The monoisotopic (exact) mass is 590 g/mol. The number of benzene rings is 2. The molecule has 2 saturated heterocycles. The third kappa shape index (κ3) is 7.37. The summed E-state index contributed by atoms with van der Waals surface area (Å²) in [5.74, 6) is -0.174. The van der Waals surface area contributed by atoms with Gasteiger partial charge in [0, 0.05) is 24.7 Å². The van der Waals surface area contributed by atoms with Gasteiger partial charge < -0.3 is 31.2 Å². The lowest BCUT2D eigenvalue weighted by Gasteiger charge is -2.40. The first-order valence-electron chi connectivity index (χ1n) is 13.9. The summed E-state index contributed by atoms with van der Waals surface area (Å²) in [5.41, 5.74) is 12.3. The molecule has 2 aliphatic heterocycles. The van der Waals surface area contributed by atoms with Gasteiger partial charge in [0.1, 0.15) is 0 Å². The average molecular weight is 591 g/mol. The fourth-order valence-electron chi connectivity index (χ4n) is 5.88. The van der Waals surface area contributed by atoms with Gasteiger partial charge in [0.15, 0.2) is 6.29 Å². The van der Waals surface area contributed by atoms with Crippen molar-refractivity contribution in [3.05, 3.63) is 60.2 Å². The second-order valence-corrected chi connectivity index (χ2v) is 13.6. The summed E-state index contributed by atoms with van der Waals surface area (Å²) in [6, 6.07) is 13.8. The summed E-state index contributed by atoms with van der Waals surface area (Å²) in [5, 5.41) is 22.3. The minimum absolute atomic E-state index is 0.00177. The van der Waals surface area contributed by atoms with Gasteiger partial charge in [0.25, 0.3) is 0 Å². The van der Waals surface area contributed by atoms with E-state index in [9.17, 15) is 23.4 Å². The van der Waals surface area contributed by atoms with Gasteiger partial charge in [-0.1, -0.05) is 50.2 Å². The van der Waals surface area contributed by atoms with Crippen molar-refractivity contribution < 1.29 is 32.9 Å². The highest BCUT2D eigenvalue weighted by atomic mass is 32.2. The molecule has 2 aromatic carbocycles. The van der Waals surface area contributed by atoms with E-state index in [1.807, 2.05) is 44.2 Å². The van der Waals surface area contributed by atoms with Crippen molar-refractivity contribution in [3.8, 4) is 0 Å². The van der Waals surface area contributed by atoms with Crippen LogP contribution in [0.2, 0.25) is 0 Å². The maximum atomic E-state index is 14.0. The van der Waals surface area contributed by atoms with Gasteiger partial charge in [-0.3, -0.25) is 4.90 Å². The number of carbonyl (C=O) groups is 1. The molecule has 0 radical (unpaired) electrons. The first kappa shape index (κ1) is 31.2. The molecule has 2 aromatic rings. The van der Waals surface area contributed by atoms with E-state index < -0.39 is 46.0 Å². The third-order valence-electron chi connectivity index (χ3n) is 7.99. The van der Waals surface area contributed by atoms with Crippen LogP contribution >= 0.6 is 0 Å². The molecule has 2 aliphatic rings. The maximum absolute atomic E-state index is 14.0. The van der Waals surface area contributed by atoms with E-state index in [1.165, 1.54) is 21.3 Å². The number of hydrogen-bond acceptors (Lipinski definition) is 8. The first-order chi connectivity index (χ1) is 19.4. The number of rotatable bonds is 13. The van der Waals surface area contributed by atoms with Crippen LogP contribution in [0.5, 0.6) is 0 Å². The molecule has 11 nitrogen and oxygen atoms in total. The summed E-state index contributed by atoms with van der Waals surface area (Å²) in [7, 11) is -4.11. The second kappa shape index (κ2) is 13.1. The Morgan fingerprint density at radius 3 is 2.54 bits per heavy atom. The summed E-state index contributed by atoms with van der Waals surface area (Å²) in [4.78, 5) is 14.1. The molecular formula is C29H42N4O7S. The van der Waals surface area contributed by atoms with Crippen molar-refractivity contribution in [2.24, 2.45) is 17.1 Å². The van der Waals surface area contributed by atoms with E-state index in [0.717, 1.165) is 5.56 Å². The lowest BCUT2D eigenvalue weighted by Crippen LogP contribution is -2.58. The van der Waals surface area contributed by atoms with Crippen LogP contribution in [0.4, 0.5) is 10.5 Å². The third-order valence-corrected chi connectivity index (χ3v) is 9.80. The number of anilines is 1. The summed E-state index contributed by atoms with van der Waals surface area (Å²) >= 11 is 0. The van der Waals surface area contributed by atoms with Crippen molar-refractivity contribution in [3.63, 3.8) is 0 Å². The van der Waals surface area contributed by atoms with E-state index in [2.05, 4.69) is 0 Å². The number of fused-ring (bicyclic) bond motifs is 1. The molecule has 41 heavy (non-hydrogen) atoms. The number of nitrogens with zero attached hydrogens (tertiary/aromatic N) is 2. The number of nitrogens with two attached hydrogens (primary N) is 2. The Morgan fingerprint density at radius 2 is 1.88 bits per heavy atom. The average Bonchev–Trinajstić information content (AvgIpc) is 3.53. The second-order valence-electron chi connectivity index (χ2n) is 11.7. The van der Waals surface area contributed by atoms with Crippen LogP contribution < -0.4 is 11.5 Å². The van der Waals surface area contributed by atoms with Crippen LogP contribution in [0, 0.1) is 11.3 Å². The number of amides is 1. The van der Waals surface area contributed by atoms with Crippen molar-refractivity contribution in [1.29, 1.82) is 0 Å². The quantitative estimate of drug-likeness (QED) is 0.256. The fraction of sp³-hybridized carbons (Fsp3) is 0.552. The Hall–Kier alpha value is -2.74. The molecule has 5 atom stereocenters. The van der Waals surface area contributed by atoms with Gasteiger partial charge in [-0.2, -0.15) is 4.31 Å². The number of aliphatic hydroxyl groups is 1. The minimum Gasteiger partial charge on any atom is -0.465 e. The first-order valence-corrected chi connectivity index (χ1v) is 15.4. The number of aliphatic hydroxyl groups excluding tert-OH is 1. The predicted molar refractivity (Wildman–Crippen MR) is 154 cm³/mol. The number of hydrogen-bond donors (Lipinski definition) is 4. The molecular weight excluding hydrogens is 548 g/mol. The van der Waals surface area contributed by atoms with Crippen molar-refractivity contribution >= 4 is 21.8 Å². The van der Waals surface area contributed by atoms with E-state index >= 15 is 0 Å². The van der Waals surface area contributed by atoms with Gasteiger partial charge in [0.2, 0.25) is 10.0 Å². The van der Waals surface area contributed by atoms with Gasteiger partial charge in [0.05, 0.1) is 36.3 Å². The Bertz CT molecular complexity index is 1280. The molecule has 2 heterocycles. The molecule has 2 fully saturated rings. The number of carboxylic acid groups (broad SMARTS) is 1. The lowest BCUT2D eigenvalue weighted by molar-refractivity contribution is -0.0906. The van der Waals surface area contributed by atoms with E-state index in [4.69, 9.17) is 20.9 Å². The van der Waals surface area contributed by atoms with Crippen LogP contribution in [0.15, 0.2) is 59.5 Å². The zero-order valence-electron chi connectivity index (χ0n) is 23.6. The number of ether oxygens (including phenoxy) is 2. The highest BCUT2D eigenvalue weighted by Gasteiger charge is 2.49. The highest BCUT2D eigenvalue weighted by Crippen LogP contribution is 2.36. The van der Waals surface area contributed by atoms with E-state index in [0.29, 0.717) is 31.7 Å². The Morgan fingerprint density at radius 1 is 1.15 bits per heavy atom. The van der Waals surface area contributed by atoms with E-state index in [-0.39, 0.29) is 36.9 Å². The van der Waals surface area contributed by atoms with Gasteiger partial charge in [-0.15, -0.1) is 0 Å². The SMILES string of the molecule is CC(C)(CCN)CN(C[C@@H](O)[C@H](Cc1ccccc1)N(C(=O)O)[C@H]1CO[C@H]2OCC[C@H]21)S(=O)(=O)c1cccc(N)c1. The molecule has 226 valence electrons. The molecule has 0 spiro atoms. The summed E-state index contributed by atoms with van der Waals surface area (Å²) < 4.78 is 40.5. The molecule has 6 N–H and O–H groups in total. The topological polar surface area (TPSA) is 169 Å². The Labute approximate surface area is 242 Å². The molecule has 0 aliphatic carbocycles. The molecule has 1 amide bonds. The van der Waals surface area contributed by atoms with Crippen LogP contribution in [-0.4, -0.2) is 91.3 Å². The van der Waals surface area contributed by atoms with Crippen LogP contribution in [0.25, 0.3) is 0 Å². The maximum Gasteiger partial charge on any atom is 0.407 e. The predicted octanol–water partition coefficient (Wildman–Crippen LogP) is 2.35. The molecule has 0 saturated carbocycles. The summed E-state index contributed by atoms with van der Waals surface area (Å²) in [6.45, 7) is 4.52. The number of sulfonamides is 1. The molecule has 12 heteroatoms. The zero-order valence-corrected chi connectivity index (χ0v) is 24.4. The fourth-order valence-corrected chi connectivity index (χ4v) is 7.59. The highest BCUT2D eigenvalue weighted by molar-refractivity contribution is 7.89. The van der Waals surface area contributed by atoms with Crippen LogP contribution in [0.1, 0.15) is 32.3 Å². The van der Waals surface area contributed by atoms with Crippen molar-refractivity contribution in [1.82, 2.24) is 9.21 Å². The largest absolute Gasteiger partial charge is 0.465 e. The number of nitrogen functional groups attached to an aromatic ring is 1. The Kier molecular flexibility index (Phi) is 9.93. The normalized spacial score (nSPS) is 22.4. The molecule has 0 unspecified atom stereocenters. The van der Waals surface area contributed by atoms with Crippen LogP contribution in [0.3, 0.4) is 0 Å². The van der Waals surface area contributed by atoms with Gasteiger partial charge >= 0.3 is 6.09 Å².